The summed E-state index contributed by atoms with van der Waals surface area (Å²) in [7, 11) is -1.49. The maximum atomic E-state index is 11.6. The summed E-state index contributed by atoms with van der Waals surface area (Å²) in [4.78, 5) is 13.0. The quantitative estimate of drug-likeness (QED) is 0.477. The van der Waals surface area contributed by atoms with E-state index in [1.54, 1.807) is 0 Å². The smallest absolute Gasteiger partial charge is 0.426 e. The summed E-state index contributed by atoms with van der Waals surface area (Å²) in [5.41, 5.74) is 5.48. The molecule has 14 heavy (non-hydrogen) atoms. The Hall–Kier alpha value is -0.585. The van der Waals surface area contributed by atoms with E-state index in [4.69, 9.17) is 22.7 Å². The molecule has 1 aliphatic heterocycles. The monoisotopic (exact) mass is 198 g/mol. The van der Waals surface area contributed by atoms with Gasteiger partial charge in [0.25, 0.3) is 0 Å². The summed E-state index contributed by atoms with van der Waals surface area (Å²) >= 11 is 0. The molecule has 2 radical (unpaired) electrons. The minimum absolute atomic E-state index is 0.0730. The van der Waals surface area contributed by atoms with Crippen LogP contribution >= 0.6 is 0 Å². The van der Waals surface area contributed by atoms with E-state index in [-0.39, 0.29) is 12.3 Å². The third kappa shape index (κ3) is 2.26. The number of nitrogens with zero attached hydrogens (tertiary/aromatic N) is 1. The Bertz CT molecular complexity index is 213. The highest BCUT2D eigenvalue weighted by molar-refractivity contribution is 6.43. The van der Waals surface area contributed by atoms with E-state index in [0.29, 0.717) is 13.0 Å². The zero-order valence-electron chi connectivity index (χ0n) is 7.97. The van der Waals surface area contributed by atoms with Gasteiger partial charge in [0.15, 0.2) is 0 Å². The molecule has 0 aromatic carbocycles. The van der Waals surface area contributed by atoms with E-state index in [0.717, 1.165) is 6.42 Å². The number of hydrogen-bond donors (Lipinski definition) is 3. The van der Waals surface area contributed by atoms with Crippen LogP contribution in [0, 0.1) is 6.92 Å². The molecule has 1 unspecified atom stereocenters. The molecule has 1 rings (SSSR count). The Kier molecular flexibility index (Phi) is 3.91. The third-order valence-electron chi connectivity index (χ3n) is 2.50. The first-order valence-electron chi connectivity index (χ1n) is 4.70. The first-order chi connectivity index (χ1) is 6.57. The molecule has 5 nitrogen and oxygen atoms in total. The topological polar surface area (TPSA) is 86.8 Å². The van der Waals surface area contributed by atoms with E-state index >= 15 is 0 Å². The highest BCUT2D eigenvalue weighted by Crippen LogP contribution is 2.18. The van der Waals surface area contributed by atoms with Gasteiger partial charge in [-0.05, 0) is 26.2 Å². The second-order valence-electron chi connectivity index (χ2n) is 3.50. The van der Waals surface area contributed by atoms with Crippen molar-refractivity contribution in [1.82, 2.24) is 4.90 Å². The molecule has 0 aliphatic carbocycles. The maximum absolute atomic E-state index is 11.6. The zero-order valence-corrected chi connectivity index (χ0v) is 7.97. The summed E-state index contributed by atoms with van der Waals surface area (Å²) in [6.07, 6.45) is 1.44. The van der Waals surface area contributed by atoms with Crippen LogP contribution in [0.4, 0.5) is 0 Å². The lowest BCUT2D eigenvalue weighted by Gasteiger charge is -2.26. The van der Waals surface area contributed by atoms with Crippen molar-refractivity contribution in [2.45, 2.75) is 31.2 Å². The Balaban J connectivity index is 2.62. The standard InChI is InChI=1S/C8H15BN2O3/c1-2-6(10)8(12)11-5-3-4-7(11)9(13)14/h1,6-7,13-14H,2-5,10H2/t6?,7-/m0/s1. The van der Waals surface area contributed by atoms with E-state index in [9.17, 15) is 4.79 Å². The van der Waals surface area contributed by atoms with Crippen molar-refractivity contribution in [2.75, 3.05) is 6.54 Å². The van der Waals surface area contributed by atoms with Gasteiger partial charge in [-0.3, -0.25) is 4.79 Å². The predicted molar refractivity (Wildman–Crippen MR) is 51.8 cm³/mol. The van der Waals surface area contributed by atoms with Gasteiger partial charge in [0.05, 0.1) is 12.0 Å². The summed E-state index contributed by atoms with van der Waals surface area (Å²) in [6, 6.07) is -0.741. The number of likely N-dealkylation sites (tertiary alicyclic amines) is 1. The number of rotatable bonds is 3. The van der Waals surface area contributed by atoms with Crippen LogP contribution in [0.25, 0.3) is 0 Å². The van der Waals surface area contributed by atoms with Crippen LogP contribution in [-0.4, -0.2) is 46.5 Å². The number of carbonyl (C=O) groups is 1. The van der Waals surface area contributed by atoms with Gasteiger partial charge >= 0.3 is 7.12 Å². The molecule has 0 saturated carbocycles. The highest BCUT2D eigenvalue weighted by atomic mass is 16.4. The van der Waals surface area contributed by atoms with Crippen LogP contribution < -0.4 is 5.73 Å². The van der Waals surface area contributed by atoms with Crippen LogP contribution in [0.2, 0.25) is 0 Å². The molecule has 1 amide bonds. The molecule has 6 heteroatoms. The minimum Gasteiger partial charge on any atom is -0.426 e. The molecule has 0 aromatic rings. The summed E-state index contributed by atoms with van der Waals surface area (Å²) in [5, 5.41) is 18.0. The van der Waals surface area contributed by atoms with Crippen LogP contribution in [0.3, 0.4) is 0 Å². The fraction of sp³-hybridized carbons (Fsp3) is 0.750. The van der Waals surface area contributed by atoms with Gasteiger partial charge in [0.1, 0.15) is 0 Å². The molecular weight excluding hydrogens is 183 g/mol. The SMILES string of the molecule is [CH]CC(N)C(=O)N1CCC[C@H]1B(O)O. The van der Waals surface area contributed by atoms with Crippen molar-refractivity contribution in [3.05, 3.63) is 6.92 Å². The van der Waals surface area contributed by atoms with Crippen LogP contribution in [0.5, 0.6) is 0 Å². The van der Waals surface area contributed by atoms with Crippen molar-refractivity contribution in [2.24, 2.45) is 5.73 Å². The number of hydrogen-bond acceptors (Lipinski definition) is 4. The number of amides is 1. The Morgan fingerprint density at radius 1 is 1.71 bits per heavy atom. The predicted octanol–water partition coefficient (Wildman–Crippen LogP) is -1.58. The molecule has 4 N–H and O–H groups in total. The summed E-state index contributed by atoms with van der Waals surface area (Å²) in [5.74, 6) is -0.830. The van der Waals surface area contributed by atoms with Gasteiger partial charge in [-0.2, -0.15) is 0 Å². The second kappa shape index (κ2) is 4.77. The Labute approximate surface area is 84.0 Å². The minimum atomic E-state index is -1.49. The normalized spacial score (nSPS) is 23.7. The molecule has 1 saturated heterocycles. The molecular formula is C8H15BN2O3. The van der Waals surface area contributed by atoms with Crippen LogP contribution in [0.1, 0.15) is 19.3 Å². The average Bonchev–Trinajstić information content (AvgIpc) is 2.63. The fourth-order valence-electron chi connectivity index (χ4n) is 1.69. The highest BCUT2D eigenvalue weighted by Gasteiger charge is 2.37. The van der Waals surface area contributed by atoms with E-state index in [2.05, 4.69) is 0 Å². The number of carbonyl (C=O) groups excluding carboxylic acids is 1. The number of nitrogens with two attached hydrogens (primary N) is 1. The van der Waals surface area contributed by atoms with E-state index in [1.165, 1.54) is 4.90 Å². The molecule has 2 atom stereocenters. The molecule has 1 fully saturated rings. The molecule has 0 bridgehead atoms. The largest absolute Gasteiger partial charge is 0.475 e. The Morgan fingerprint density at radius 2 is 2.36 bits per heavy atom. The van der Waals surface area contributed by atoms with Gasteiger partial charge < -0.3 is 20.7 Å². The molecule has 0 spiro atoms. The molecule has 1 aliphatic rings. The first-order valence-corrected chi connectivity index (χ1v) is 4.70. The van der Waals surface area contributed by atoms with Crippen LogP contribution in [-0.2, 0) is 4.79 Å². The van der Waals surface area contributed by atoms with Crippen molar-refractivity contribution in [3.8, 4) is 0 Å². The lowest BCUT2D eigenvalue weighted by Crippen LogP contribution is -2.51. The van der Waals surface area contributed by atoms with Gasteiger partial charge in [0, 0.05) is 6.54 Å². The van der Waals surface area contributed by atoms with Crippen molar-refractivity contribution in [1.29, 1.82) is 0 Å². The van der Waals surface area contributed by atoms with Crippen molar-refractivity contribution in [3.63, 3.8) is 0 Å². The lowest BCUT2D eigenvalue weighted by atomic mass is 9.77. The second-order valence-corrected chi connectivity index (χ2v) is 3.50. The van der Waals surface area contributed by atoms with Gasteiger partial charge in [-0.1, -0.05) is 0 Å². The van der Waals surface area contributed by atoms with Crippen molar-refractivity contribution >= 4 is 13.0 Å². The van der Waals surface area contributed by atoms with Gasteiger partial charge in [-0.15, -0.1) is 0 Å². The Morgan fingerprint density at radius 3 is 2.86 bits per heavy atom. The van der Waals surface area contributed by atoms with Gasteiger partial charge in [-0.25, -0.2) is 0 Å². The molecule has 1 heterocycles. The zero-order chi connectivity index (χ0) is 10.7. The fourth-order valence-corrected chi connectivity index (χ4v) is 1.69. The summed E-state index contributed by atoms with van der Waals surface area (Å²) in [6.45, 7) is 5.79. The lowest BCUT2D eigenvalue weighted by molar-refractivity contribution is -0.132. The third-order valence-corrected chi connectivity index (χ3v) is 2.50. The van der Waals surface area contributed by atoms with Gasteiger partial charge in [0.2, 0.25) is 5.91 Å². The van der Waals surface area contributed by atoms with Crippen LogP contribution in [0.15, 0.2) is 0 Å². The molecule has 0 aromatic heterocycles. The van der Waals surface area contributed by atoms with Crippen molar-refractivity contribution < 1.29 is 14.8 Å². The van der Waals surface area contributed by atoms with E-state index in [1.807, 2.05) is 0 Å². The maximum Gasteiger partial charge on any atom is 0.475 e. The first kappa shape index (κ1) is 11.5. The van der Waals surface area contributed by atoms with E-state index < -0.39 is 19.1 Å². The molecule has 78 valence electrons. The average molecular weight is 198 g/mol. The summed E-state index contributed by atoms with van der Waals surface area (Å²) < 4.78 is 0.